The van der Waals surface area contributed by atoms with Gasteiger partial charge in [0, 0.05) is 16.8 Å². The molecule has 0 spiro atoms. The molecule has 100 valence electrons. The highest BCUT2D eigenvalue weighted by atomic mass is 15.0. The summed E-state index contributed by atoms with van der Waals surface area (Å²) in [6, 6.07) is 6.51. The summed E-state index contributed by atoms with van der Waals surface area (Å²) in [5, 5.41) is 3.73. The molecule has 1 fully saturated rings. The Hall–Kier alpha value is -1.02. The Kier molecular flexibility index (Phi) is 3.18. The first-order chi connectivity index (χ1) is 8.19. The minimum Gasteiger partial charge on any atom is -0.399 e. The number of aryl methyl sites for hydroxylation is 1. The van der Waals surface area contributed by atoms with Crippen LogP contribution in [0.15, 0.2) is 18.2 Å². The fourth-order valence-electron chi connectivity index (χ4n) is 3.51. The maximum absolute atomic E-state index is 5.91. The summed E-state index contributed by atoms with van der Waals surface area (Å²) in [5.74, 6) is 0.621. The Bertz CT molecular complexity index is 430. The number of nitrogens with two attached hydrogens (primary N) is 1. The van der Waals surface area contributed by atoms with Crippen LogP contribution in [0, 0.1) is 6.92 Å². The van der Waals surface area contributed by atoms with Crippen LogP contribution in [-0.4, -0.2) is 11.1 Å². The fourth-order valence-corrected chi connectivity index (χ4v) is 3.51. The van der Waals surface area contributed by atoms with Crippen LogP contribution in [0.4, 0.5) is 5.69 Å². The lowest BCUT2D eigenvalue weighted by atomic mass is 9.73. The molecule has 0 unspecified atom stereocenters. The zero-order valence-corrected chi connectivity index (χ0v) is 12.3. The molecule has 18 heavy (non-hydrogen) atoms. The summed E-state index contributed by atoms with van der Waals surface area (Å²) in [6.07, 6.45) is 2.36. The SMILES string of the molecule is Cc1cc(C2CC(C)(C)NC(C)(C)C2)ccc1N. The molecule has 0 aliphatic carbocycles. The Morgan fingerprint density at radius 2 is 1.67 bits per heavy atom. The first-order valence-corrected chi connectivity index (χ1v) is 6.84. The average molecular weight is 246 g/mol. The second-order valence-electron chi connectivity index (χ2n) is 7.11. The van der Waals surface area contributed by atoms with Crippen molar-refractivity contribution in [2.75, 3.05) is 5.73 Å². The minimum atomic E-state index is 0.196. The molecular formula is C16H26N2. The number of benzene rings is 1. The average Bonchev–Trinajstić information content (AvgIpc) is 2.17. The van der Waals surface area contributed by atoms with Crippen molar-refractivity contribution in [2.24, 2.45) is 0 Å². The molecule has 1 aromatic rings. The molecule has 3 N–H and O–H groups in total. The summed E-state index contributed by atoms with van der Waals surface area (Å²) in [6.45, 7) is 11.3. The van der Waals surface area contributed by atoms with E-state index in [-0.39, 0.29) is 11.1 Å². The van der Waals surface area contributed by atoms with E-state index >= 15 is 0 Å². The second-order valence-corrected chi connectivity index (χ2v) is 7.11. The number of rotatable bonds is 1. The molecule has 1 aliphatic heterocycles. The van der Waals surface area contributed by atoms with E-state index in [2.05, 4.69) is 52.1 Å². The number of hydrogen-bond donors (Lipinski definition) is 2. The smallest absolute Gasteiger partial charge is 0.0343 e. The van der Waals surface area contributed by atoms with Crippen LogP contribution in [0.2, 0.25) is 0 Å². The topological polar surface area (TPSA) is 38.0 Å². The van der Waals surface area contributed by atoms with Gasteiger partial charge in [-0.1, -0.05) is 12.1 Å². The van der Waals surface area contributed by atoms with E-state index in [0.29, 0.717) is 5.92 Å². The highest BCUT2D eigenvalue weighted by Crippen LogP contribution is 2.39. The van der Waals surface area contributed by atoms with Crippen LogP contribution in [-0.2, 0) is 0 Å². The number of anilines is 1. The molecule has 0 radical (unpaired) electrons. The zero-order valence-electron chi connectivity index (χ0n) is 12.3. The fraction of sp³-hybridized carbons (Fsp3) is 0.625. The Labute approximate surface area is 111 Å². The summed E-state index contributed by atoms with van der Waals surface area (Å²) in [4.78, 5) is 0. The van der Waals surface area contributed by atoms with Gasteiger partial charge in [-0.25, -0.2) is 0 Å². The highest BCUT2D eigenvalue weighted by molar-refractivity contribution is 5.48. The Balaban J connectivity index is 2.29. The van der Waals surface area contributed by atoms with Crippen LogP contribution < -0.4 is 11.1 Å². The van der Waals surface area contributed by atoms with Gasteiger partial charge in [0.1, 0.15) is 0 Å². The number of piperidine rings is 1. The molecule has 1 aromatic carbocycles. The van der Waals surface area contributed by atoms with Crippen molar-refractivity contribution in [3.8, 4) is 0 Å². The third-order valence-electron chi connectivity index (χ3n) is 3.96. The monoisotopic (exact) mass is 246 g/mol. The third kappa shape index (κ3) is 2.86. The van der Waals surface area contributed by atoms with Crippen molar-refractivity contribution in [2.45, 2.75) is 64.5 Å². The molecule has 1 aliphatic rings. The number of nitrogen functional groups attached to an aromatic ring is 1. The first-order valence-electron chi connectivity index (χ1n) is 6.84. The van der Waals surface area contributed by atoms with Crippen molar-refractivity contribution in [3.05, 3.63) is 29.3 Å². The second kappa shape index (κ2) is 4.27. The highest BCUT2D eigenvalue weighted by Gasteiger charge is 2.38. The van der Waals surface area contributed by atoms with Gasteiger partial charge in [0.15, 0.2) is 0 Å². The van der Waals surface area contributed by atoms with Gasteiger partial charge in [0.2, 0.25) is 0 Å². The van der Waals surface area contributed by atoms with Crippen LogP contribution in [0.25, 0.3) is 0 Å². The molecule has 0 saturated carbocycles. The van der Waals surface area contributed by atoms with Gasteiger partial charge in [-0.3, -0.25) is 0 Å². The summed E-state index contributed by atoms with van der Waals surface area (Å²) in [7, 11) is 0. The van der Waals surface area contributed by atoms with Crippen LogP contribution in [0.1, 0.15) is 57.6 Å². The van der Waals surface area contributed by atoms with Gasteiger partial charge in [-0.15, -0.1) is 0 Å². The Morgan fingerprint density at radius 1 is 1.11 bits per heavy atom. The van der Waals surface area contributed by atoms with Gasteiger partial charge in [0.05, 0.1) is 0 Å². The van der Waals surface area contributed by atoms with Gasteiger partial charge < -0.3 is 11.1 Å². The Morgan fingerprint density at radius 3 is 2.17 bits per heavy atom. The number of hydrogen-bond acceptors (Lipinski definition) is 2. The van der Waals surface area contributed by atoms with Gasteiger partial charge in [-0.2, -0.15) is 0 Å². The van der Waals surface area contributed by atoms with Crippen LogP contribution >= 0.6 is 0 Å². The summed E-state index contributed by atoms with van der Waals surface area (Å²) in [5.41, 5.74) is 9.83. The zero-order chi connectivity index (χ0) is 13.6. The summed E-state index contributed by atoms with van der Waals surface area (Å²) < 4.78 is 0. The summed E-state index contributed by atoms with van der Waals surface area (Å²) >= 11 is 0. The van der Waals surface area contributed by atoms with E-state index in [1.54, 1.807) is 0 Å². The third-order valence-corrected chi connectivity index (χ3v) is 3.96. The van der Waals surface area contributed by atoms with Gasteiger partial charge >= 0.3 is 0 Å². The molecule has 0 amide bonds. The van der Waals surface area contributed by atoms with Crippen LogP contribution in [0.3, 0.4) is 0 Å². The minimum absolute atomic E-state index is 0.196. The lowest BCUT2D eigenvalue weighted by Gasteiger charge is -2.46. The molecule has 0 aromatic heterocycles. The van der Waals surface area contributed by atoms with Gasteiger partial charge in [0.25, 0.3) is 0 Å². The molecular weight excluding hydrogens is 220 g/mol. The molecule has 2 rings (SSSR count). The molecule has 2 nitrogen and oxygen atoms in total. The van der Waals surface area contributed by atoms with E-state index in [1.807, 2.05) is 6.07 Å². The first kappa shape index (κ1) is 13.4. The van der Waals surface area contributed by atoms with E-state index < -0.39 is 0 Å². The standard InChI is InChI=1S/C16H26N2/c1-11-8-12(6-7-14(11)17)13-9-15(2,3)18-16(4,5)10-13/h6-8,13,18H,9-10,17H2,1-5H3. The quantitative estimate of drug-likeness (QED) is 0.743. The molecule has 1 saturated heterocycles. The van der Waals surface area contributed by atoms with Crippen molar-refractivity contribution >= 4 is 5.69 Å². The maximum atomic E-state index is 5.91. The normalized spacial score (nSPS) is 22.9. The molecule has 2 heteroatoms. The predicted octanol–water partition coefficient (Wildman–Crippen LogP) is 3.60. The lowest BCUT2D eigenvalue weighted by molar-refractivity contribution is 0.162. The van der Waals surface area contributed by atoms with Crippen molar-refractivity contribution in [1.82, 2.24) is 5.32 Å². The lowest BCUT2D eigenvalue weighted by Crippen LogP contribution is -2.57. The van der Waals surface area contributed by atoms with Crippen molar-refractivity contribution < 1.29 is 0 Å². The predicted molar refractivity (Wildman–Crippen MR) is 78.9 cm³/mol. The molecule has 1 heterocycles. The van der Waals surface area contributed by atoms with Gasteiger partial charge in [-0.05, 0) is 70.6 Å². The molecule has 0 atom stereocenters. The van der Waals surface area contributed by atoms with E-state index in [0.717, 1.165) is 5.69 Å². The van der Waals surface area contributed by atoms with Crippen molar-refractivity contribution in [3.63, 3.8) is 0 Å². The van der Waals surface area contributed by atoms with E-state index in [9.17, 15) is 0 Å². The van der Waals surface area contributed by atoms with Crippen LogP contribution in [0.5, 0.6) is 0 Å². The molecule has 0 bridgehead atoms. The van der Waals surface area contributed by atoms with E-state index in [1.165, 1.54) is 24.0 Å². The van der Waals surface area contributed by atoms with E-state index in [4.69, 9.17) is 5.73 Å². The maximum Gasteiger partial charge on any atom is 0.0343 e. The largest absolute Gasteiger partial charge is 0.399 e. The van der Waals surface area contributed by atoms with Crippen molar-refractivity contribution in [1.29, 1.82) is 0 Å². The number of nitrogens with one attached hydrogen (secondary N) is 1.